The molecule has 0 amide bonds. The topological polar surface area (TPSA) is 218 Å². The number of hydrogen-bond acceptors (Lipinski definition) is 5. The Kier molecular flexibility index (Phi) is 59.7. The van der Waals surface area contributed by atoms with Crippen molar-refractivity contribution in [2.24, 2.45) is 0 Å². The van der Waals surface area contributed by atoms with Crippen molar-refractivity contribution in [1.82, 2.24) is 0 Å². The van der Waals surface area contributed by atoms with Crippen molar-refractivity contribution in [3.05, 3.63) is 0 Å². The van der Waals surface area contributed by atoms with E-state index in [0.717, 1.165) is 12.8 Å². The molecular formula is C18H48Ca3O11S2. The fourth-order valence-corrected chi connectivity index (χ4v) is 2.65. The normalized spacial score (nSPS) is 9.79. The molecule has 0 fully saturated rings. The van der Waals surface area contributed by atoms with Crippen LogP contribution in [0.15, 0.2) is 0 Å². The summed E-state index contributed by atoms with van der Waals surface area (Å²) in [5.41, 5.74) is 0. The van der Waals surface area contributed by atoms with Gasteiger partial charge in [-0.25, -0.2) is 0 Å². The van der Waals surface area contributed by atoms with Crippen LogP contribution in [0.2, 0.25) is 0 Å². The van der Waals surface area contributed by atoms with Gasteiger partial charge in [-0.1, -0.05) is 96.8 Å². The predicted molar refractivity (Wildman–Crippen MR) is 145 cm³/mol. The van der Waals surface area contributed by atoms with Crippen LogP contribution in [0.5, 0.6) is 0 Å². The zero-order valence-electron chi connectivity index (χ0n) is 18.4. The number of carbonyl (C=O) groups is 1. The van der Waals surface area contributed by atoms with Crippen molar-refractivity contribution in [2.45, 2.75) is 110 Å². The second kappa shape index (κ2) is 38.1. The Balaban J connectivity index is -0.0000000882. The molecule has 0 saturated carbocycles. The molecule has 16 heteroatoms. The number of carboxylic acids is 1. The molecule has 204 valence electrons. The zero-order valence-corrected chi connectivity index (χ0v) is 20.0. The molecule has 0 bridgehead atoms. The Hall–Kier alpha value is 2.95. The number of aliphatic carboxylic acids is 1. The third-order valence-corrected chi connectivity index (χ3v) is 3.99. The monoisotopic (exact) mass is 624 g/mol. The summed E-state index contributed by atoms with van der Waals surface area (Å²) >= 11 is 0. The number of unbranched alkanes of at least 4 members (excludes halogenated alkanes) is 14. The summed E-state index contributed by atoms with van der Waals surface area (Å²) in [6.45, 7) is 2.27. The molecule has 0 aliphatic heterocycles. The summed E-state index contributed by atoms with van der Waals surface area (Å²) in [7, 11) is -9.33. The van der Waals surface area contributed by atoms with Gasteiger partial charge in [-0.15, -0.1) is 0 Å². The van der Waals surface area contributed by atoms with Crippen LogP contribution in [0, 0.1) is 0 Å². The Morgan fingerprint density at radius 3 is 0.882 bits per heavy atom. The van der Waals surface area contributed by atoms with Crippen molar-refractivity contribution in [1.29, 1.82) is 0 Å². The van der Waals surface area contributed by atoms with E-state index in [4.69, 9.17) is 40.2 Å². The van der Waals surface area contributed by atoms with E-state index in [0.29, 0.717) is 6.42 Å². The van der Waals surface area contributed by atoms with E-state index in [-0.39, 0.29) is 119 Å². The van der Waals surface area contributed by atoms with Crippen molar-refractivity contribution < 1.29 is 50.4 Å². The molecule has 0 rings (SSSR count). The van der Waals surface area contributed by atoms with Crippen molar-refractivity contribution in [3.63, 3.8) is 0 Å². The van der Waals surface area contributed by atoms with E-state index in [1.807, 2.05) is 0 Å². The van der Waals surface area contributed by atoms with E-state index in [1.54, 1.807) is 0 Å². The molecular weight excluding hydrogens is 577 g/mol. The molecule has 0 radical (unpaired) electrons. The molecule has 0 unspecified atom stereocenters. The molecule has 0 aromatic rings. The number of rotatable bonds is 16. The van der Waals surface area contributed by atoms with Crippen molar-refractivity contribution in [2.75, 3.05) is 0 Å². The summed E-state index contributed by atoms with van der Waals surface area (Å²) < 4.78 is 63.2. The molecule has 0 aromatic heterocycles. The van der Waals surface area contributed by atoms with Crippen LogP contribution in [0.3, 0.4) is 0 Å². The van der Waals surface area contributed by atoms with Gasteiger partial charge in [-0.05, 0) is 6.42 Å². The molecule has 7 N–H and O–H groups in total. The van der Waals surface area contributed by atoms with Gasteiger partial charge < -0.3 is 10.6 Å². The summed E-state index contributed by atoms with van der Waals surface area (Å²) in [6.07, 6.45) is 20.2. The van der Waals surface area contributed by atoms with Crippen LogP contribution in [-0.2, 0) is 25.6 Å². The Labute approximate surface area is 295 Å². The molecule has 0 heterocycles. The molecule has 0 aromatic carbocycles. The summed E-state index contributed by atoms with van der Waals surface area (Å²) in [4.78, 5) is 10.3. The molecule has 0 atom stereocenters. The summed E-state index contributed by atoms with van der Waals surface area (Å²) in [6, 6.07) is 0. The second-order valence-corrected chi connectivity index (χ2v) is 8.78. The summed E-state index contributed by atoms with van der Waals surface area (Å²) in [5, 5.41) is 8.52. The molecule has 34 heavy (non-hydrogen) atoms. The number of hydrogen-bond donors (Lipinski definition) is 5. The third-order valence-electron chi connectivity index (χ3n) is 3.99. The number of carboxylic acid groups (broad SMARTS) is 1. The van der Waals surface area contributed by atoms with Gasteiger partial charge in [0.1, 0.15) is 0 Å². The van der Waals surface area contributed by atoms with Gasteiger partial charge in [0.15, 0.2) is 0 Å². The standard InChI is InChI=1S/C18H36O2.3Ca.2H2O4S.H2O.6H/c1-2-3-4-5-6-7-8-9-10-11-12-13-14-15-16-17-18(19)20;;;;2*1-5(2,3)4;;;;;;;/h2-17H2,1H3,(H,19,20);;;;2*(H2,1,2,3,4);1H2;;;;;;. The van der Waals surface area contributed by atoms with E-state index in [1.165, 1.54) is 83.5 Å². The van der Waals surface area contributed by atoms with E-state index >= 15 is 0 Å². The van der Waals surface area contributed by atoms with Crippen LogP contribution in [-0.4, -0.2) is 165 Å². The Bertz CT molecular complexity index is 544. The molecule has 0 spiro atoms. The molecule has 0 aliphatic rings. The predicted octanol–water partition coefficient (Wildman–Crippen LogP) is 1.45. The average molecular weight is 625 g/mol. The van der Waals surface area contributed by atoms with Gasteiger partial charge in [0.2, 0.25) is 0 Å². The van der Waals surface area contributed by atoms with Gasteiger partial charge in [-0.2, -0.15) is 16.8 Å². The maximum absolute atomic E-state index is 10.3. The fourth-order valence-electron chi connectivity index (χ4n) is 2.65. The van der Waals surface area contributed by atoms with Gasteiger partial charge in [0.05, 0.1) is 0 Å². The first-order valence-corrected chi connectivity index (χ1v) is 13.2. The zero-order chi connectivity index (χ0) is 23.9. The SMILES string of the molecule is CCCCCCCCCCCCCCCCCC(=O)O.O.O=S(=O)(O)O.O=S(=O)(O)O.[CaH2].[CaH2].[CaH2]. The van der Waals surface area contributed by atoms with Gasteiger partial charge in [0, 0.05) is 6.42 Å². The first kappa shape index (κ1) is 53.2. The van der Waals surface area contributed by atoms with Crippen LogP contribution in [0.1, 0.15) is 110 Å². The van der Waals surface area contributed by atoms with Crippen molar-refractivity contribution >= 4 is 140 Å². The van der Waals surface area contributed by atoms with E-state index in [2.05, 4.69) is 6.92 Å². The average Bonchev–Trinajstić information content (AvgIpc) is 2.55. The minimum absolute atomic E-state index is 0. The third kappa shape index (κ3) is 101. The van der Waals surface area contributed by atoms with Crippen LogP contribution >= 0.6 is 0 Å². The van der Waals surface area contributed by atoms with Gasteiger partial charge in [0.25, 0.3) is 0 Å². The van der Waals surface area contributed by atoms with Gasteiger partial charge >= 0.3 is 140 Å². The quantitative estimate of drug-likeness (QED) is 0.0945. The van der Waals surface area contributed by atoms with E-state index in [9.17, 15) is 4.79 Å². The first-order chi connectivity index (χ1) is 13.8. The minimum atomic E-state index is -4.67. The molecule has 0 saturated heterocycles. The van der Waals surface area contributed by atoms with Crippen LogP contribution in [0.25, 0.3) is 0 Å². The fraction of sp³-hybridized carbons (Fsp3) is 0.944. The van der Waals surface area contributed by atoms with Crippen LogP contribution in [0.4, 0.5) is 0 Å². The molecule has 11 nitrogen and oxygen atoms in total. The maximum atomic E-state index is 10.3. The van der Waals surface area contributed by atoms with Gasteiger partial charge in [-0.3, -0.25) is 23.0 Å². The Morgan fingerprint density at radius 2 is 0.706 bits per heavy atom. The second-order valence-electron chi connectivity index (χ2n) is 6.99. The summed E-state index contributed by atoms with van der Waals surface area (Å²) in [5.74, 6) is -0.653. The van der Waals surface area contributed by atoms with Crippen LogP contribution < -0.4 is 0 Å². The first-order valence-electron chi connectivity index (χ1n) is 10.4. The Morgan fingerprint density at radius 1 is 0.529 bits per heavy atom. The molecule has 0 aliphatic carbocycles. The van der Waals surface area contributed by atoms with E-state index < -0.39 is 26.8 Å². The van der Waals surface area contributed by atoms with Crippen molar-refractivity contribution in [3.8, 4) is 0 Å².